The smallest absolute Gasteiger partial charge is 0.234 e. The van der Waals surface area contributed by atoms with E-state index in [4.69, 9.17) is 0 Å². The van der Waals surface area contributed by atoms with Gasteiger partial charge in [-0.25, -0.2) is 0 Å². The van der Waals surface area contributed by atoms with Crippen LogP contribution in [0.4, 0.5) is 5.69 Å². The molecule has 0 radical (unpaired) electrons. The van der Waals surface area contributed by atoms with Gasteiger partial charge in [0.1, 0.15) is 0 Å². The summed E-state index contributed by atoms with van der Waals surface area (Å²) in [7, 11) is 0. The van der Waals surface area contributed by atoms with Crippen LogP contribution in [-0.4, -0.2) is 23.3 Å². The molecule has 0 fully saturated rings. The van der Waals surface area contributed by atoms with E-state index < -0.39 is 0 Å². The molecule has 0 saturated carbocycles. The van der Waals surface area contributed by atoms with Crippen LogP contribution in [0.3, 0.4) is 0 Å². The first kappa shape index (κ1) is 19.1. The molecule has 0 aliphatic heterocycles. The number of anilines is 1. The molecule has 0 aromatic heterocycles. The minimum atomic E-state index is -0.103. The lowest BCUT2D eigenvalue weighted by molar-refractivity contribution is -0.118. The highest BCUT2D eigenvalue weighted by Crippen LogP contribution is 2.14. The molecule has 0 aliphatic rings. The summed E-state index contributed by atoms with van der Waals surface area (Å²) in [6.07, 6.45) is 0. The van der Waals surface area contributed by atoms with Crippen molar-refractivity contribution in [2.45, 2.75) is 26.3 Å². The Hall–Kier alpha value is -2.27. The lowest BCUT2D eigenvalue weighted by atomic mass is 10.0. The van der Waals surface area contributed by atoms with Gasteiger partial charge in [0, 0.05) is 12.2 Å². The van der Waals surface area contributed by atoms with Crippen LogP contribution in [0.15, 0.2) is 54.6 Å². The molecule has 0 unspecified atom stereocenters. The lowest BCUT2D eigenvalue weighted by Crippen LogP contribution is -2.25. The Morgan fingerprint density at radius 3 is 2.20 bits per heavy atom. The van der Waals surface area contributed by atoms with Crippen LogP contribution in [0.1, 0.15) is 30.9 Å². The summed E-state index contributed by atoms with van der Waals surface area (Å²) in [4.78, 5) is 23.7. The predicted molar refractivity (Wildman–Crippen MR) is 105 cm³/mol. The van der Waals surface area contributed by atoms with Crippen LogP contribution in [-0.2, 0) is 16.1 Å². The highest BCUT2D eigenvalue weighted by Gasteiger charge is 2.06. The maximum absolute atomic E-state index is 11.9. The van der Waals surface area contributed by atoms with Crippen LogP contribution in [0.5, 0.6) is 0 Å². The second-order valence-corrected chi connectivity index (χ2v) is 7.07. The fourth-order valence-electron chi connectivity index (χ4n) is 2.23. The minimum Gasteiger partial charge on any atom is -0.351 e. The summed E-state index contributed by atoms with van der Waals surface area (Å²) in [5.41, 5.74) is 3.13. The maximum Gasteiger partial charge on any atom is 0.234 e. The van der Waals surface area contributed by atoms with Crippen molar-refractivity contribution in [2.75, 3.05) is 16.8 Å². The number of benzene rings is 2. The highest BCUT2D eigenvalue weighted by molar-refractivity contribution is 8.00. The molecule has 2 amide bonds. The highest BCUT2D eigenvalue weighted by atomic mass is 32.2. The standard InChI is InChI=1S/C20H24N2O2S/c1-15(2)17-10-8-16(9-11-17)12-21-19(23)13-25-14-20(24)22-18-6-4-3-5-7-18/h3-11,15H,12-14H2,1-2H3,(H,21,23)(H,22,24). The minimum absolute atomic E-state index is 0.0644. The van der Waals surface area contributed by atoms with Crippen molar-refractivity contribution in [3.63, 3.8) is 0 Å². The Balaban J connectivity index is 1.64. The van der Waals surface area contributed by atoms with E-state index in [1.54, 1.807) is 0 Å². The molecule has 0 aliphatic carbocycles. The second-order valence-electron chi connectivity index (χ2n) is 6.08. The van der Waals surface area contributed by atoms with Gasteiger partial charge in [0.15, 0.2) is 0 Å². The predicted octanol–water partition coefficient (Wildman–Crippen LogP) is 3.80. The van der Waals surface area contributed by atoms with Gasteiger partial charge in [-0.3, -0.25) is 9.59 Å². The molecule has 4 nitrogen and oxygen atoms in total. The molecular weight excluding hydrogens is 332 g/mol. The number of hydrogen-bond acceptors (Lipinski definition) is 3. The van der Waals surface area contributed by atoms with Crippen LogP contribution in [0.25, 0.3) is 0 Å². The molecule has 2 rings (SSSR count). The van der Waals surface area contributed by atoms with Gasteiger partial charge in [-0.2, -0.15) is 0 Å². The van der Waals surface area contributed by atoms with Crippen LogP contribution in [0.2, 0.25) is 0 Å². The molecule has 0 saturated heterocycles. The number of carbonyl (C=O) groups excluding carboxylic acids is 2. The summed E-state index contributed by atoms with van der Waals surface area (Å²) in [5, 5.41) is 5.68. The molecule has 2 N–H and O–H groups in total. The number of amides is 2. The van der Waals surface area contributed by atoms with E-state index in [0.717, 1.165) is 11.3 Å². The molecular formula is C20H24N2O2S. The summed E-state index contributed by atoms with van der Waals surface area (Å²) >= 11 is 1.31. The number of rotatable bonds is 8. The average molecular weight is 356 g/mol. The lowest BCUT2D eigenvalue weighted by Gasteiger charge is -2.08. The van der Waals surface area contributed by atoms with E-state index in [0.29, 0.717) is 12.5 Å². The topological polar surface area (TPSA) is 58.2 Å². The van der Waals surface area contributed by atoms with Crippen LogP contribution >= 0.6 is 11.8 Å². The molecule has 132 valence electrons. The van der Waals surface area contributed by atoms with Crippen molar-refractivity contribution >= 4 is 29.3 Å². The first-order chi connectivity index (χ1) is 12.0. The summed E-state index contributed by atoms with van der Waals surface area (Å²) in [6, 6.07) is 17.5. The van der Waals surface area contributed by atoms with Crippen molar-refractivity contribution in [1.29, 1.82) is 0 Å². The Morgan fingerprint density at radius 1 is 0.920 bits per heavy atom. The fraction of sp³-hybridized carbons (Fsp3) is 0.300. The van der Waals surface area contributed by atoms with E-state index in [9.17, 15) is 9.59 Å². The van der Waals surface area contributed by atoms with Crippen molar-refractivity contribution in [3.8, 4) is 0 Å². The summed E-state index contributed by atoms with van der Waals surface area (Å²) < 4.78 is 0. The quantitative estimate of drug-likeness (QED) is 0.756. The Labute approximate surface area is 153 Å². The van der Waals surface area contributed by atoms with Gasteiger partial charge in [0.05, 0.1) is 11.5 Å². The number of carbonyl (C=O) groups is 2. The molecule has 0 heterocycles. The van der Waals surface area contributed by atoms with Gasteiger partial charge in [-0.1, -0.05) is 56.3 Å². The first-order valence-corrected chi connectivity index (χ1v) is 9.48. The largest absolute Gasteiger partial charge is 0.351 e. The van der Waals surface area contributed by atoms with Crippen LogP contribution in [0, 0.1) is 0 Å². The zero-order valence-corrected chi connectivity index (χ0v) is 15.4. The summed E-state index contributed by atoms with van der Waals surface area (Å²) in [6.45, 7) is 4.82. The van der Waals surface area contributed by atoms with E-state index in [1.165, 1.54) is 17.3 Å². The van der Waals surface area contributed by atoms with Gasteiger partial charge >= 0.3 is 0 Å². The Bertz CT molecular complexity index is 685. The molecule has 25 heavy (non-hydrogen) atoms. The van der Waals surface area contributed by atoms with Crippen molar-refractivity contribution < 1.29 is 9.59 Å². The van der Waals surface area contributed by atoms with Gasteiger partial charge in [-0.05, 0) is 29.2 Å². The normalized spacial score (nSPS) is 10.5. The van der Waals surface area contributed by atoms with Crippen molar-refractivity contribution in [3.05, 3.63) is 65.7 Å². The maximum atomic E-state index is 11.9. The number of hydrogen-bond donors (Lipinski definition) is 2. The molecule has 0 bridgehead atoms. The molecule has 5 heteroatoms. The molecule has 0 atom stereocenters. The number of nitrogens with one attached hydrogen (secondary N) is 2. The number of thioether (sulfide) groups is 1. The first-order valence-electron chi connectivity index (χ1n) is 8.33. The number of para-hydroxylation sites is 1. The monoisotopic (exact) mass is 356 g/mol. The van der Waals surface area contributed by atoms with Gasteiger partial charge in [0.2, 0.25) is 11.8 Å². The SMILES string of the molecule is CC(C)c1ccc(CNC(=O)CSCC(=O)Nc2ccccc2)cc1. The van der Waals surface area contributed by atoms with Gasteiger partial charge < -0.3 is 10.6 Å². The molecule has 2 aromatic carbocycles. The zero-order chi connectivity index (χ0) is 18.1. The zero-order valence-electron chi connectivity index (χ0n) is 14.6. The van der Waals surface area contributed by atoms with E-state index in [1.807, 2.05) is 42.5 Å². The third kappa shape index (κ3) is 7.01. The van der Waals surface area contributed by atoms with E-state index in [-0.39, 0.29) is 23.3 Å². The second kappa shape index (κ2) is 9.89. The molecule has 0 spiro atoms. The third-order valence-corrected chi connectivity index (χ3v) is 4.59. The van der Waals surface area contributed by atoms with Gasteiger partial charge in [-0.15, -0.1) is 11.8 Å². The average Bonchev–Trinajstić information content (AvgIpc) is 2.61. The Morgan fingerprint density at radius 2 is 1.56 bits per heavy atom. The third-order valence-electron chi connectivity index (χ3n) is 3.66. The van der Waals surface area contributed by atoms with Crippen molar-refractivity contribution in [2.24, 2.45) is 0 Å². The van der Waals surface area contributed by atoms with Gasteiger partial charge in [0.25, 0.3) is 0 Å². The molecule has 2 aromatic rings. The summed E-state index contributed by atoms with van der Waals surface area (Å²) in [5.74, 6) is 0.860. The fourth-order valence-corrected chi connectivity index (χ4v) is 2.87. The van der Waals surface area contributed by atoms with Crippen LogP contribution < -0.4 is 10.6 Å². The Kier molecular flexibility index (Phi) is 7.54. The van der Waals surface area contributed by atoms with E-state index >= 15 is 0 Å². The van der Waals surface area contributed by atoms with E-state index in [2.05, 4.69) is 36.6 Å². The van der Waals surface area contributed by atoms with Crippen molar-refractivity contribution in [1.82, 2.24) is 5.32 Å².